The molecule has 0 bridgehead atoms. The third kappa shape index (κ3) is 0.337. The molecule has 56 valence electrons. The van der Waals surface area contributed by atoms with Crippen molar-refractivity contribution in [2.75, 3.05) is 0 Å². The van der Waals surface area contributed by atoms with Gasteiger partial charge in [-0.05, 0) is 29.6 Å². The molecule has 2 heteroatoms. The first-order valence-electron chi connectivity index (χ1n) is 4.44. The van der Waals surface area contributed by atoms with Gasteiger partial charge in [0.2, 0.25) is 0 Å². The van der Waals surface area contributed by atoms with Gasteiger partial charge in [0.25, 0.3) is 0 Å². The normalized spacial score (nSPS) is 79.3. The van der Waals surface area contributed by atoms with Gasteiger partial charge in [-0.3, -0.25) is 0 Å². The van der Waals surface area contributed by atoms with Crippen molar-refractivity contribution in [1.82, 2.24) is 0 Å². The molecule has 0 aromatic rings. The zero-order chi connectivity index (χ0) is 7.33. The summed E-state index contributed by atoms with van der Waals surface area (Å²) < 4.78 is 0. The number of hydrogen-bond donors (Lipinski definition) is 1. The van der Waals surface area contributed by atoms with E-state index in [2.05, 4.69) is 6.07 Å². The molecule has 4 aliphatic rings. The van der Waals surface area contributed by atoms with Gasteiger partial charge >= 0.3 is 0 Å². The molecule has 2 nitrogen and oxygen atoms in total. The summed E-state index contributed by atoms with van der Waals surface area (Å²) in [4.78, 5) is 0. The van der Waals surface area contributed by atoms with Gasteiger partial charge in [0, 0.05) is 5.92 Å². The molecule has 11 heavy (non-hydrogen) atoms. The largest absolute Gasteiger partial charge is 0.392 e. The molecule has 1 N–H and O–H groups in total. The van der Waals surface area contributed by atoms with Gasteiger partial charge in [0.05, 0.1) is 18.1 Å². The van der Waals surface area contributed by atoms with E-state index in [1.54, 1.807) is 0 Å². The number of nitriles is 1. The number of rotatable bonds is 0. The quantitative estimate of drug-likeness (QED) is 0.533. The van der Waals surface area contributed by atoms with E-state index in [1.807, 2.05) is 0 Å². The van der Waals surface area contributed by atoms with E-state index in [9.17, 15) is 5.11 Å². The van der Waals surface area contributed by atoms with Crippen molar-refractivity contribution in [2.24, 2.45) is 41.4 Å². The van der Waals surface area contributed by atoms with Crippen LogP contribution in [0.1, 0.15) is 0 Å². The highest BCUT2D eigenvalue weighted by molar-refractivity contribution is 5.36. The maximum Gasteiger partial charge on any atom is 0.0663 e. The molecule has 0 aromatic heterocycles. The first kappa shape index (κ1) is 5.16. The van der Waals surface area contributed by atoms with Crippen LogP contribution in [0.5, 0.6) is 0 Å². The van der Waals surface area contributed by atoms with Gasteiger partial charge in [-0.2, -0.15) is 5.26 Å². The maximum atomic E-state index is 9.70. The second-order valence-electron chi connectivity index (χ2n) is 4.61. The van der Waals surface area contributed by atoms with Gasteiger partial charge in [0.1, 0.15) is 0 Å². The van der Waals surface area contributed by atoms with Crippen molar-refractivity contribution in [1.29, 1.82) is 5.26 Å². The summed E-state index contributed by atoms with van der Waals surface area (Å²) >= 11 is 0. The van der Waals surface area contributed by atoms with Gasteiger partial charge in [-0.1, -0.05) is 0 Å². The minimum Gasteiger partial charge on any atom is -0.392 e. The summed E-state index contributed by atoms with van der Waals surface area (Å²) in [6.45, 7) is 0. The van der Waals surface area contributed by atoms with Crippen LogP contribution in [0.25, 0.3) is 0 Å². The van der Waals surface area contributed by atoms with E-state index in [0.717, 1.165) is 17.8 Å². The van der Waals surface area contributed by atoms with E-state index in [1.165, 1.54) is 0 Å². The first-order valence-corrected chi connectivity index (χ1v) is 4.44. The first-order chi connectivity index (χ1) is 5.36. The van der Waals surface area contributed by atoms with Gasteiger partial charge in [-0.25, -0.2) is 0 Å². The molecule has 0 aliphatic heterocycles. The van der Waals surface area contributed by atoms with Crippen LogP contribution >= 0.6 is 0 Å². The average Bonchev–Trinajstić information content (AvgIpc) is 2.84. The van der Waals surface area contributed by atoms with E-state index < -0.39 is 0 Å². The number of fused-ring (bicyclic) bond motifs is 4. The number of nitrogens with zero attached hydrogens (tertiary/aromatic N) is 1. The molecule has 4 aliphatic carbocycles. The Kier molecular flexibility index (Phi) is 0.529. The monoisotopic (exact) mass is 147 g/mol. The van der Waals surface area contributed by atoms with E-state index in [4.69, 9.17) is 5.26 Å². The van der Waals surface area contributed by atoms with Crippen LogP contribution < -0.4 is 0 Å². The van der Waals surface area contributed by atoms with E-state index in [-0.39, 0.29) is 12.0 Å². The third-order valence-corrected chi connectivity index (χ3v) is 4.46. The summed E-state index contributed by atoms with van der Waals surface area (Å²) in [7, 11) is 0. The van der Waals surface area contributed by atoms with Gasteiger partial charge in [0.15, 0.2) is 0 Å². The van der Waals surface area contributed by atoms with Crippen LogP contribution in [0, 0.1) is 52.8 Å². The number of aliphatic hydroxyl groups is 1. The van der Waals surface area contributed by atoms with Crippen LogP contribution in [0.2, 0.25) is 0 Å². The Morgan fingerprint density at radius 1 is 0.909 bits per heavy atom. The minimum atomic E-state index is -0.0929. The summed E-state index contributed by atoms with van der Waals surface area (Å²) in [6, 6.07) is 2.32. The molecule has 0 aromatic carbocycles. The van der Waals surface area contributed by atoms with Crippen molar-refractivity contribution in [3.05, 3.63) is 0 Å². The van der Waals surface area contributed by atoms with Crippen LogP contribution in [0.3, 0.4) is 0 Å². The second kappa shape index (κ2) is 1.13. The molecular formula is C9H9NO. The smallest absolute Gasteiger partial charge is 0.0663 e. The minimum absolute atomic E-state index is 0.0929. The molecule has 2 unspecified atom stereocenters. The van der Waals surface area contributed by atoms with Crippen LogP contribution in [0.15, 0.2) is 0 Å². The molecular weight excluding hydrogens is 138 g/mol. The summed E-state index contributed by atoms with van der Waals surface area (Å²) in [5.74, 6) is 4.50. The van der Waals surface area contributed by atoms with Crippen molar-refractivity contribution in [3.63, 3.8) is 0 Å². The Morgan fingerprint density at radius 2 is 1.55 bits per heavy atom. The highest BCUT2D eigenvalue weighted by Gasteiger charge is 2.87. The standard InChI is InChI=1S/C9H9NO/c10-1-2-3-4(2)9(11)8-6-5(3)7(6)8/h2-9,11H/t2-,3+,4-,5?,6?,7?,8?,9-/m0/s1. The van der Waals surface area contributed by atoms with Crippen molar-refractivity contribution >= 4 is 0 Å². The molecule has 4 saturated carbocycles. The molecule has 4 rings (SSSR count). The Morgan fingerprint density at radius 3 is 2.18 bits per heavy atom. The molecule has 0 heterocycles. The average molecular weight is 147 g/mol. The van der Waals surface area contributed by atoms with Crippen LogP contribution in [0.4, 0.5) is 0 Å². The lowest BCUT2D eigenvalue weighted by atomic mass is 9.86. The summed E-state index contributed by atoms with van der Waals surface area (Å²) in [6.07, 6.45) is -0.0929. The molecule has 0 radical (unpaired) electrons. The maximum absolute atomic E-state index is 9.70. The van der Waals surface area contributed by atoms with Crippen molar-refractivity contribution in [2.45, 2.75) is 6.10 Å². The molecule has 4 fully saturated rings. The fourth-order valence-corrected chi connectivity index (χ4v) is 3.83. The fourth-order valence-electron chi connectivity index (χ4n) is 3.83. The molecule has 0 spiro atoms. The number of aliphatic hydroxyl groups excluding tert-OH is 1. The SMILES string of the molecule is N#C[C@H]1[C@H]2C3C4C3C4[C@@H](O)[C@@H]12. The third-order valence-electron chi connectivity index (χ3n) is 4.46. The second-order valence-corrected chi connectivity index (χ2v) is 4.61. The lowest BCUT2D eigenvalue weighted by molar-refractivity contribution is 0.0590. The van der Waals surface area contributed by atoms with Gasteiger partial charge < -0.3 is 5.11 Å². The Bertz CT molecular complexity index is 280. The Hall–Kier alpha value is -0.550. The Labute approximate surface area is 64.8 Å². The topological polar surface area (TPSA) is 44.0 Å². The van der Waals surface area contributed by atoms with Crippen molar-refractivity contribution < 1.29 is 5.11 Å². The Balaban J connectivity index is 1.75. The van der Waals surface area contributed by atoms with E-state index in [0.29, 0.717) is 17.8 Å². The lowest BCUT2D eigenvalue weighted by Gasteiger charge is -2.23. The summed E-state index contributed by atoms with van der Waals surface area (Å²) in [5, 5.41) is 18.4. The lowest BCUT2D eigenvalue weighted by Crippen LogP contribution is -2.27. The van der Waals surface area contributed by atoms with Crippen LogP contribution in [-0.4, -0.2) is 11.2 Å². The van der Waals surface area contributed by atoms with Crippen LogP contribution in [-0.2, 0) is 0 Å². The fraction of sp³-hybridized carbons (Fsp3) is 0.889. The molecule has 0 amide bonds. The predicted octanol–water partition coefficient (Wildman–Crippen LogP) is 0.239. The number of hydrogen-bond acceptors (Lipinski definition) is 2. The highest BCUT2D eigenvalue weighted by Crippen LogP contribution is 2.87. The van der Waals surface area contributed by atoms with Crippen molar-refractivity contribution in [3.8, 4) is 6.07 Å². The predicted molar refractivity (Wildman–Crippen MR) is 36.0 cm³/mol. The zero-order valence-electron chi connectivity index (χ0n) is 6.01. The zero-order valence-corrected chi connectivity index (χ0v) is 6.01. The van der Waals surface area contributed by atoms with E-state index >= 15 is 0 Å². The van der Waals surface area contributed by atoms with Gasteiger partial charge in [-0.15, -0.1) is 0 Å². The molecule has 6 atom stereocenters. The highest BCUT2D eigenvalue weighted by atomic mass is 16.3. The summed E-state index contributed by atoms with van der Waals surface area (Å²) in [5.41, 5.74) is 0. The molecule has 0 saturated heterocycles.